The number of nitrogens with one attached hydrogen (secondary N) is 1. The lowest BCUT2D eigenvalue weighted by molar-refractivity contribution is -0.137. The van der Waals surface area contributed by atoms with E-state index in [0.717, 1.165) is 32.5 Å². The number of piperidine rings is 1. The molecule has 2 amide bonds. The van der Waals surface area contributed by atoms with Crippen LogP contribution in [0.1, 0.15) is 26.2 Å². The largest absolute Gasteiger partial charge is 0.383 e. The lowest BCUT2D eigenvalue weighted by atomic mass is 10.0. The molecule has 1 unspecified atom stereocenters. The molecule has 0 aromatic heterocycles. The van der Waals surface area contributed by atoms with Crippen LogP contribution in [0.15, 0.2) is 0 Å². The number of ether oxygens (including phenoxy) is 1. The van der Waals surface area contributed by atoms with Gasteiger partial charge in [-0.05, 0) is 26.2 Å². The molecule has 0 aromatic rings. The molecule has 154 valence electrons. The molecule has 2 aliphatic rings. The predicted molar refractivity (Wildman–Crippen MR) is 107 cm³/mol. The topological polar surface area (TPSA) is 65.1 Å². The van der Waals surface area contributed by atoms with Crippen molar-refractivity contribution in [1.82, 2.24) is 20.0 Å². The van der Waals surface area contributed by atoms with Crippen molar-refractivity contribution >= 4 is 36.6 Å². The third-order valence-electron chi connectivity index (χ3n) is 4.97. The van der Waals surface area contributed by atoms with Gasteiger partial charge in [0.2, 0.25) is 11.8 Å². The molecule has 9 heteroatoms. The van der Waals surface area contributed by atoms with Crippen LogP contribution < -0.4 is 5.32 Å². The first kappa shape index (κ1) is 25.4. The van der Waals surface area contributed by atoms with E-state index >= 15 is 0 Å². The summed E-state index contributed by atoms with van der Waals surface area (Å²) in [5, 5.41) is 3.08. The van der Waals surface area contributed by atoms with Gasteiger partial charge in [-0.1, -0.05) is 0 Å². The van der Waals surface area contributed by atoms with Gasteiger partial charge in [-0.25, -0.2) is 0 Å². The van der Waals surface area contributed by atoms with E-state index in [4.69, 9.17) is 4.74 Å². The number of rotatable bonds is 7. The van der Waals surface area contributed by atoms with Crippen molar-refractivity contribution in [1.29, 1.82) is 0 Å². The Hall–Kier alpha value is -0.600. The van der Waals surface area contributed by atoms with Gasteiger partial charge in [0.25, 0.3) is 0 Å². The summed E-state index contributed by atoms with van der Waals surface area (Å²) in [6.45, 7) is 8.13. The Morgan fingerprint density at radius 3 is 2.35 bits per heavy atom. The second kappa shape index (κ2) is 13.6. The number of hydrogen-bond donors (Lipinski definition) is 1. The summed E-state index contributed by atoms with van der Waals surface area (Å²) in [5.41, 5.74) is 0. The van der Waals surface area contributed by atoms with Gasteiger partial charge in [0.1, 0.15) is 0 Å². The number of amides is 2. The van der Waals surface area contributed by atoms with E-state index in [0.29, 0.717) is 45.4 Å². The van der Waals surface area contributed by atoms with Crippen LogP contribution in [-0.4, -0.2) is 98.6 Å². The minimum absolute atomic E-state index is 0. The maximum atomic E-state index is 12.5. The molecule has 2 aliphatic heterocycles. The molecule has 1 atom stereocenters. The molecule has 2 saturated heterocycles. The summed E-state index contributed by atoms with van der Waals surface area (Å²) in [6, 6.07) is 0.368. The Morgan fingerprint density at radius 2 is 1.73 bits per heavy atom. The van der Waals surface area contributed by atoms with Crippen LogP contribution in [0.25, 0.3) is 0 Å². The molecule has 0 saturated carbocycles. The Balaban J connectivity index is 0.00000312. The molecular formula is C17H34Cl2N4O3. The lowest BCUT2D eigenvalue weighted by Gasteiger charge is -2.38. The highest BCUT2D eigenvalue weighted by Crippen LogP contribution is 2.16. The highest BCUT2D eigenvalue weighted by molar-refractivity contribution is 5.85. The van der Waals surface area contributed by atoms with Gasteiger partial charge in [-0.15, -0.1) is 24.8 Å². The van der Waals surface area contributed by atoms with Gasteiger partial charge in [-0.2, -0.15) is 0 Å². The molecule has 0 aliphatic carbocycles. The van der Waals surface area contributed by atoms with Gasteiger partial charge in [0.15, 0.2) is 0 Å². The van der Waals surface area contributed by atoms with Gasteiger partial charge in [0, 0.05) is 52.4 Å². The van der Waals surface area contributed by atoms with Crippen molar-refractivity contribution in [2.24, 2.45) is 0 Å². The number of hydrogen-bond acceptors (Lipinski definition) is 5. The molecule has 0 aromatic carbocycles. The van der Waals surface area contributed by atoms with Gasteiger partial charge in [-0.3, -0.25) is 14.5 Å². The van der Waals surface area contributed by atoms with Crippen LogP contribution >= 0.6 is 24.8 Å². The first-order valence-electron chi connectivity index (χ1n) is 9.11. The normalized spacial score (nSPS) is 20.9. The number of halogens is 2. The molecule has 26 heavy (non-hydrogen) atoms. The van der Waals surface area contributed by atoms with Crippen LogP contribution in [-0.2, 0) is 14.3 Å². The van der Waals surface area contributed by atoms with E-state index in [1.165, 1.54) is 6.42 Å². The average molecular weight is 413 g/mol. The van der Waals surface area contributed by atoms with Crippen molar-refractivity contribution in [2.45, 2.75) is 32.2 Å². The monoisotopic (exact) mass is 412 g/mol. The zero-order valence-corrected chi connectivity index (χ0v) is 17.6. The zero-order valence-electron chi connectivity index (χ0n) is 15.9. The molecule has 2 heterocycles. The van der Waals surface area contributed by atoms with Gasteiger partial charge in [0.05, 0.1) is 19.7 Å². The molecule has 0 spiro atoms. The fraction of sp³-hybridized carbons (Fsp3) is 0.882. The quantitative estimate of drug-likeness (QED) is 0.620. The Bertz CT molecular complexity index is 421. The second-order valence-corrected chi connectivity index (χ2v) is 6.76. The summed E-state index contributed by atoms with van der Waals surface area (Å²) in [5.74, 6) is 0.366. The Labute approximate surface area is 169 Å². The van der Waals surface area contributed by atoms with E-state index in [9.17, 15) is 9.59 Å². The molecular weight excluding hydrogens is 379 g/mol. The van der Waals surface area contributed by atoms with Crippen LogP contribution in [0.2, 0.25) is 0 Å². The highest BCUT2D eigenvalue weighted by Gasteiger charge is 2.27. The number of carbonyl (C=O) groups excluding carboxylic acids is 2. The fourth-order valence-corrected chi connectivity index (χ4v) is 3.39. The van der Waals surface area contributed by atoms with Crippen molar-refractivity contribution in [3.8, 4) is 0 Å². The third kappa shape index (κ3) is 7.96. The van der Waals surface area contributed by atoms with E-state index in [-0.39, 0.29) is 36.6 Å². The van der Waals surface area contributed by atoms with Crippen LogP contribution in [0.3, 0.4) is 0 Å². The molecule has 1 N–H and O–H groups in total. The third-order valence-corrected chi connectivity index (χ3v) is 4.97. The number of carbonyl (C=O) groups is 2. The molecule has 7 nitrogen and oxygen atoms in total. The van der Waals surface area contributed by atoms with E-state index < -0.39 is 0 Å². The maximum Gasteiger partial charge on any atom is 0.236 e. The molecule has 2 fully saturated rings. The number of piperazine rings is 1. The minimum atomic E-state index is 0. The van der Waals surface area contributed by atoms with Gasteiger partial charge < -0.3 is 19.9 Å². The SMILES string of the molecule is COCCNCC(=O)N1CCN(CC(=O)N2CCCCC2C)CC1.Cl.Cl. The second-order valence-electron chi connectivity index (χ2n) is 6.76. The van der Waals surface area contributed by atoms with Crippen molar-refractivity contribution < 1.29 is 14.3 Å². The molecule has 0 radical (unpaired) electrons. The van der Waals surface area contributed by atoms with Crippen molar-refractivity contribution in [3.63, 3.8) is 0 Å². The fourth-order valence-electron chi connectivity index (χ4n) is 3.39. The molecule has 2 rings (SSSR count). The maximum absolute atomic E-state index is 12.5. The first-order chi connectivity index (χ1) is 11.6. The average Bonchev–Trinajstić information content (AvgIpc) is 2.59. The number of nitrogens with zero attached hydrogens (tertiary/aromatic N) is 3. The highest BCUT2D eigenvalue weighted by atomic mass is 35.5. The standard InChI is InChI=1S/C17H32N4O3.2ClH/c1-15-5-3-4-7-21(15)17(23)14-19-8-10-20(11-9-19)16(22)13-18-6-12-24-2;;/h15,18H,3-14H2,1-2H3;2*1H. The summed E-state index contributed by atoms with van der Waals surface area (Å²) >= 11 is 0. The van der Waals surface area contributed by atoms with Crippen molar-refractivity contribution in [3.05, 3.63) is 0 Å². The lowest BCUT2D eigenvalue weighted by Crippen LogP contribution is -2.54. The van der Waals surface area contributed by atoms with Crippen LogP contribution in [0.4, 0.5) is 0 Å². The molecule has 0 bridgehead atoms. The van der Waals surface area contributed by atoms with Crippen LogP contribution in [0, 0.1) is 0 Å². The summed E-state index contributed by atoms with van der Waals surface area (Å²) in [6.07, 6.45) is 3.46. The summed E-state index contributed by atoms with van der Waals surface area (Å²) < 4.78 is 4.95. The van der Waals surface area contributed by atoms with Gasteiger partial charge >= 0.3 is 0 Å². The Morgan fingerprint density at radius 1 is 1.04 bits per heavy atom. The summed E-state index contributed by atoms with van der Waals surface area (Å²) in [7, 11) is 1.65. The number of likely N-dealkylation sites (tertiary alicyclic amines) is 1. The first-order valence-corrected chi connectivity index (χ1v) is 9.11. The van der Waals surface area contributed by atoms with E-state index in [1.54, 1.807) is 7.11 Å². The van der Waals surface area contributed by atoms with Crippen molar-refractivity contribution in [2.75, 3.05) is 66.1 Å². The zero-order chi connectivity index (χ0) is 17.4. The van der Waals surface area contributed by atoms with Crippen LogP contribution in [0.5, 0.6) is 0 Å². The van der Waals surface area contributed by atoms with E-state index in [2.05, 4.69) is 17.1 Å². The Kier molecular flexibility index (Phi) is 13.2. The smallest absolute Gasteiger partial charge is 0.236 e. The minimum Gasteiger partial charge on any atom is -0.383 e. The van der Waals surface area contributed by atoms with E-state index in [1.807, 2.05) is 9.80 Å². The summed E-state index contributed by atoms with van der Waals surface area (Å²) in [4.78, 5) is 30.7. The number of methoxy groups -OCH3 is 1. The predicted octanol–water partition coefficient (Wildman–Crippen LogP) is 0.611.